The third-order valence-corrected chi connectivity index (χ3v) is 4.96. The molecule has 0 aromatic heterocycles. The van der Waals surface area contributed by atoms with Crippen LogP contribution >= 0.6 is 11.8 Å². The number of thioether (sulfide) groups is 1. The molecule has 2 aromatic carbocycles. The van der Waals surface area contributed by atoms with E-state index in [2.05, 4.69) is 5.32 Å². The third-order valence-electron chi connectivity index (χ3n) is 4.16. The Kier molecular flexibility index (Phi) is 4.37. The van der Waals surface area contributed by atoms with E-state index in [1.165, 1.54) is 0 Å². The predicted molar refractivity (Wildman–Crippen MR) is 95.6 cm³/mol. The first-order valence-corrected chi connectivity index (χ1v) is 8.93. The predicted octanol–water partition coefficient (Wildman–Crippen LogP) is 3.83. The quantitative estimate of drug-likeness (QED) is 0.681. The van der Waals surface area contributed by atoms with Crippen molar-refractivity contribution in [3.63, 3.8) is 0 Å². The van der Waals surface area contributed by atoms with Crippen LogP contribution in [0.4, 0.5) is 5.69 Å². The second-order valence-electron chi connectivity index (χ2n) is 6.11. The second-order valence-corrected chi connectivity index (χ2v) is 6.96. The summed E-state index contributed by atoms with van der Waals surface area (Å²) in [6, 6.07) is 13.1. The molecule has 0 spiro atoms. The fraction of sp³-hybridized carbons (Fsp3) is 0.263. The number of ether oxygens (including phenoxy) is 1. The molecule has 1 atom stereocenters. The highest BCUT2D eigenvalue weighted by molar-refractivity contribution is 7.98. The molecule has 2 aromatic rings. The molecular weight excluding hydrogens is 322 g/mol. The number of carbonyl (C=O) groups is 2. The number of benzene rings is 2. The molecule has 4 nitrogen and oxygen atoms in total. The van der Waals surface area contributed by atoms with Crippen LogP contribution in [0.5, 0.6) is 0 Å². The van der Waals surface area contributed by atoms with Crippen LogP contribution < -0.4 is 5.32 Å². The van der Waals surface area contributed by atoms with Gasteiger partial charge in [0.1, 0.15) is 0 Å². The highest BCUT2D eigenvalue weighted by atomic mass is 32.2. The first kappa shape index (κ1) is 16.6. The number of anilines is 1. The van der Waals surface area contributed by atoms with Gasteiger partial charge in [0.25, 0.3) is 5.91 Å². The fourth-order valence-corrected chi connectivity index (χ4v) is 3.41. The number of esters is 1. The van der Waals surface area contributed by atoms with Crippen LogP contribution in [0.1, 0.15) is 28.4 Å². The molecule has 0 bridgehead atoms. The van der Waals surface area contributed by atoms with Gasteiger partial charge in [-0.3, -0.25) is 4.79 Å². The summed E-state index contributed by atoms with van der Waals surface area (Å²) in [6.07, 6.45) is 2.31. The molecule has 124 valence electrons. The van der Waals surface area contributed by atoms with E-state index in [1.807, 2.05) is 49.6 Å². The zero-order valence-electron chi connectivity index (χ0n) is 13.9. The second kappa shape index (κ2) is 6.32. The van der Waals surface area contributed by atoms with Gasteiger partial charge in [-0.15, -0.1) is 11.8 Å². The summed E-state index contributed by atoms with van der Waals surface area (Å²) in [5, 5.41) is 2.90. The van der Waals surface area contributed by atoms with Gasteiger partial charge in [0.2, 0.25) is 0 Å². The summed E-state index contributed by atoms with van der Waals surface area (Å²) in [5.41, 5.74) is 1.95. The van der Waals surface area contributed by atoms with E-state index in [1.54, 1.807) is 24.8 Å². The summed E-state index contributed by atoms with van der Waals surface area (Å²) < 4.78 is 5.49. The lowest BCUT2D eigenvalue weighted by atomic mass is 9.88. The maximum atomic E-state index is 12.8. The molecule has 24 heavy (non-hydrogen) atoms. The molecule has 1 unspecified atom stereocenters. The molecule has 5 heteroatoms. The van der Waals surface area contributed by atoms with Crippen LogP contribution in [-0.2, 0) is 16.0 Å². The summed E-state index contributed by atoms with van der Waals surface area (Å²) in [4.78, 5) is 26.1. The molecule has 0 aliphatic carbocycles. The van der Waals surface area contributed by atoms with Crippen molar-refractivity contribution in [1.29, 1.82) is 0 Å². The van der Waals surface area contributed by atoms with Crippen molar-refractivity contribution in [2.24, 2.45) is 0 Å². The van der Waals surface area contributed by atoms with Crippen LogP contribution in [0.2, 0.25) is 0 Å². The Morgan fingerprint density at radius 2 is 2.00 bits per heavy atom. The van der Waals surface area contributed by atoms with Gasteiger partial charge < -0.3 is 10.1 Å². The van der Waals surface area contributed by atoms with E-state index < -0.39 is 11.6 Å². The topological polar surface area (TPSA) is 55.4 Å². The van der Waals surface area contributed by atoms with Crippen molar-refractivity contribution in [3.8, 4) is 0 Å². The lowest BCUT2D eigenvalue weighted by molar-refractivity contribution is -0.134. The van der Waals surface area contributed by atoms with Gasteiger partial charge in [-0.1, -0.05) is 29.8 Å². The van der Waals surface area contributed by atoms with Crippen molar-refractivity contribution < 1.29 is 14.3 Å². The van der Waals surface area contributed by atoms with E-state index in [4.69, 9.17) is 4.74 Å². The SMILES string of the molecule is CSc1ccccc1NC(=O)C1(C)Cc2cc(C)ccc2C(=O)O1. The zero-order chi connectivity index (χ0) is 17.3. The van der Waals surface area contributed by atoms with Crippen molar-refractivity contribution >= 4 is 29.3 Å². The molecule has 0 saturated carbocycles. The molecule has 1 aliphatic rings. The van der Waals surface area contributed by atoms with E-state index in [9.17, 15) is 9.59 Å². The van der Waals surface area contributed by atoms with Gasteiger partial charge in [0, 0.05) is 11.3 Å². The maximum absolute atomic E-state index is 12.8. The standard InChI is InChI=1S/C19H19NO3S/c1-12-8-9-14-13(10-12)11-19(2,23-17(14)21)18(22)20-15-6-4-5-7-16(15)24-3/h4-10H,11H2,1-3H3,(H,20,22). The normalized spacial score (nSPS) is 19.4. The Balaban J connectivity index is 1.88. The van der Waals surface area contributed by atoms with Crippen LogP contribution in [0.15, 0.2) is 47.4 Å². The van der Waals surface area contributed by atoms with Crippen LogP contribution in [-0.4, -0.2) is 23.7 Å². The minimum atomic E-state index is -1.22. The Morgan fingerprint density at radius 3 is 2.75 bits per heavy atom. The zero-order valence-corrected chi connectivity index (χ0v) is 14.7. The third kappa shape index (κ3) is 3.04. The van der Waals surface area contributed by atoms with Gasteiger partial charge in [0.05, 0.1) is 11.3 Å². The average molecular weight is 341 g/mol. The van der Waals surface area contributed by atoms with Crippen molar-refractivity contribution in [2.45, 2.75) is 30.8 Å². The van der Waals surface area contributed by atoms with Gasteiger partial charge in [-0.25, -0.2) is 4.79 Å². The Labute approximate surface area is 145 Å². The number of hydrogen-bond donors (Lipinski definition) is 1. The summed E-state index contributed by atoms with van der Waals surface area (Å²) >= 11 is 1.55. The average Bonchev–Trinajstić information content (AvgIpc) is 2.54. The maximum Gasteiger partial charge on any atom is 0.339 e. The number of rotatable bonds is 3. The molecule has 1 aliphatic heterocycles. The first-order valence-electron chi connectivity index (χ1n) is 7.70. The van der Waals surface area contributed by atoms with Crippen molar-refractivity contribution in [2.75, 3.05) is 11.6 Å². The van der Waals surface area contributed by atoms with Crippen LogP contribution in [0.3, 0.4) is 0 Å². The lowest BCUT2D eigenvalue weighted by Gasteiger charge is -2.33. The summed E-state index contributed by atoms with van der Waals surface area (Å²) in [5.74, 6) is -0.767. The Bertz CT molecular complexity index is 818. The van der Waals surface area contributed by atoms with Gasteiger partial charge in [-0.05, 0) is 43.9 Å². The fourth-order valence-electron chi connectivity index (χ4n) is 2.86. The van der Waals surface area contributed by atoms with Gasteiger partial charge in [-0.2, -0.15) is 0 Å². The molecule has 1 heterocycles. The molecule has 0 fully saturated rings. The van der Waals surface area contributed by atoms with E-state index in [0.717, 1.165) is 21.7 Å². The number of nitrogens with one attached hydrogen (secondary N) is 1. The lowest BCUT2D eigenvalue weighted by Crippen LogP contribution is -2.49. The molecule has 0 saturated heterocycles. The largest absolute Gasteiger partial charge is 0.445 e. The number of para-hydroxylation sites is 1. The molecule has 1 amide bonds. The highest BCUT2D eigenvalue weighted by Crippen LogP contribution is 2.31. The molecule has 1 N–H and O–H groups in total. The van der Waals surface area contributed by atoms with E-state index >= 15 is 0 Å². The minimum Gasteiger partial charge on any atom is -0.445 e. The summed E-state index contributed by atoms with van der Waals surface area (Å²) in [6.45, 7) is 3.62. The molecule has 0 radical (unpaired) electrons. The Morgan fingerprint density at radius 1 is 1.25 bits per heavy atom. The minimum absolute atomic E-state index is 0.315. The number of carbonyl (C=O) groups excluding carboxylic acids is 2. The number of aryl methyl sites for hydroxylation is 1. The first-order chi connectivity index (χ1) is 11.4. The van der Waals surface area contributed by atoms with Gasteiger partial charge >= 0.3 is 5.97 Å². The number of amides is 1. The van der Waals surface area contributed by atoms with Crippen molar-refractivity contribution in [1.82, 2.24) is 0 Å². The molecular formula is C19H19NO3S. The Hall–Kier alpha value is -2.27. The highest BCUT2D eigenvalue weighted by Gasteiger charge is 2.42. The smallest absolute Gasteiger partial charge is 0.339 e. The number of hydrogen-bond acceptors (Lipinski definition) is 4. The molecule has 3 rings (SSSR count). The summed E-state index contributed by atoms with van der Waals surface area (Å²) in [7, 11) is 0. The number of fused-ring (bicyclic) bond motifs is 1. The number of cyclic esters (lactones) is 1. The van der Waals surface area contributed by atoms with E-state index in [-0.39, 0.29) is 5.91 Å². The van der Waals surface area contributed by atoms with Crippen LogP contribution in [0.25, 0.3) is 0 Å². The monoisotopic (exact) mass is 341 g/mol. The van der Waals surface area contributed by atoms with E-state index in [0.29, 0.717) is 12.0 Å². The van der Waals surface area contributed by atoms with Crippen molar-refractivity contribution in [3.05, 3.63) is 59.2 Å². The van der Waals surface area contributed by atoms with Crippen LogP contribution in [0, 0.1) is 6.92 Å². The van der Waals surface area contributed by atoms with Gasteiger partial charge in [0.15, 0.2) is 5.60 Å².